The van der Waals surface area contributed by atoms with Crippen LogP contribution in [0.5, 0.6) is 0 Å². The summed E-state index contributed by atoms with van der Waals surface area (Å²) in [6.07, 6.45) is 74.2. The van der Waals surface area contributed by atoms with Crippen LogP contribution in [0.15, 0.2) is 109 Å². The van der Waals surface area contributed by atoms with Gasteiger partial charge in [0.15, 0.2) is 0 Å². The number of ketones is 2. The largest absolute Gasteiger partial charge is 0.481 e. The van der Waals surface area contributed by atoms with E-state index in [1.54, 1.807) is 13.8 Å². The second-order valence-corrected chi connectivity index (χ2v) is 19.0. The van der Waals surface area contributed by atoms with Crippen LogP contribution in [-0.4, -0.2) is 59.3 Å². The molecular formula is C62H100O7. The Morgan fingerprint density at radius 3 is 0.986 bits per heavy atom. The first-order chi connectivity index (χ1) is 33.7. The van der Waals surface area contributed by atoms with Gasteiger partial charge in [-0.05, 0) is 142 Å². The summed E-state index contributed by atoms with van der Waals surface area (Å²) in [6, 6.07) is 0. The van der Waals surface area contributed by atoms with Gasteiger partial charge in [-0.3, -0.25) is 4.79 Å². The van der Waals surface area contributed by atoms with Crippen molar-refractivity contribution in [3.8, 4) is 0 Å². The van der Waals surface area contributed by atoms with E-state index >= 15 is 0 Å². The lowest BCUT2D eigenvalue weighted by Crippen LogP contribution is -1.92. The van der Waals surface area contributed by atoms with Gasteiger partial charge in [-0.1, -0.05) is 175 Å². The highest BCUT2D eigenvalue weighted by atomic mass is 16.6. The average molecular weight is 957 g/mol. The molecule has 6 atom stereocenters. The Hall–Kier alpha value is -3.65. The average Bonchev–Trinajstić information content (AvgIpc) is 4.27. The van der Waals surface area contributed by atoms with Crippen LogP contribution in [0.2, 0.25) is 0 Å². The number of epoxide rings is 3. The van der Waals surface area contributed by atoms with E-state index in [1.807, 2.05) is 0 Å². The van der Waals surface area contributed by atoms with E-state index in [0.717, 1.165) is 96.3 Å². The standard InChI is InChI=1S/2C21H34O2.C20H32O3/c1-3-4-13-17-20-21(23-20)18-15-12-10-8-6-5-7-9-11-14-16-19(2)22;1-3-4-5-6-7-8-9-10-14-17-20-21(23-20)18-15-12-11-13-16-19(2)22;1-2-3-4-5-9-12-15-18-19(23-18)16-13-10-7-6-8-11-14-17-20(21)22/h6-9,12,15,20-21H,3-5,10-11,13-14,16-18H2,1-2H3;7-8,10,12,14-15,20-21H,3-6,9,11,13,16-18H2,1-2H3;6,8-10,12-13,18-19H,2-5,7,11,14-17H2,1H3,(H,21,22)/b8-6-,9-7-,15-12-;8-7-,14-10-,15-12-;8-6-,12-9-,13-10-. The summed E-state index contributed by atoms with van der Waals surface area (Å²) < 4.78 is 17.0. The number of ether oxygens (including phenoxy) is 3. The fraction of sp³-hybridized carbons (Fsp3) is 0.661. The first-order valence-corrected chi connectivity index (χ1v) is 27.7. The number of carboxylic acids is 1. The summed E-state index contributed by atoms with van der Waals surface area (Å²) in [5, 5.41) is 8.52. The third-order valence-corrected chi connectivity index (χ3v) is 12.1. The number of unbranched alkanes of at least 4 members (excludes halogenated alkanes) is 11. The van der Waals surface area contributed by atoms with Crippen LogP contribution in [0.25, 0.3) is 0 Å². The second-order valence-electron chi connectivity index (χ2n) is 19.0. The molecule has 3 saturated heterocycles. The summed E-state index contributed by atoms with van der Waals surface area (Å²) in [6.45, 7) is 10.0. The molecule has 7 nitrogen and oxygen atoms in total. The second kappa shape index (κ2) is 46.7. The normalized spacial score (nSPS) is 20.9. The van der Waals surface area contributed by atoms with Gasteiger partial charge < -0.3 is 28.9 Å². The topological polar surface area (TPSA) is 109 Å². The van der Waals surface area contributed by atoms with Gasteiger partial charge in [0.25, 0.3) is 0 Å². The molecule has 3 fully saturated rings. The SMILES string of the molecule is CCCCC/C=C\C/C=C\CC1OC1C/C=C\CCCC(C)=O.CCCCC/C=C\CC1OC1C/C=C\C/C=C\CCCC(=O)O.CCCCCC1OC1C/C=C\C/C=C\C/C=C\CCCC(C)=O. The van der Waals surface area contributed by atoms with Crippen molar-refractivity contribution in [2.75, 3.05) is 0 Å². The first-order valence-electron chi connectivity index (χ1n) is 27.7. The Bertz CT molecular complexity index is 1540. The van der Waals surface area contributed by atoms with Crippen LogP contribution in [0.1, 0.15) is 227 Å². The number of allylic oxidation sites excluding steroid dienone is 13. The van der Waals surface area contributed by atoms with Crippen LogP contribution in [0, 0.1) is 0 Å². The van der Waals surface area contributed by atoms with Gasteiger partial charge in [-0.25, -0.2) is 0 Å². The van der Waals surface area contributed by atoms with Crippen LogP contribution >= 0.6 is 0 Å². The van der Waals surface area contributed by atoms with Crippen molar-refractivity contribution in [1.82, 2.24) is 0 Å². The van der Waals surface area contributed by atoms with Crippen LogP contribution in [0.3, 0.4) is 0 Å². The van der Waals surface area contributed by atoms with Gasteiger partial charge in [-0.2, -0.15) is 0 Å². The highest BCUT2D eigenvalue weighted by molar-refractivity contribution is 5.75. The number of hydrogen-bond acceptors (Lipinski definition) is 6. The number of rotatable bonds is 42. The van der Waals surface area contributed by atoms with Gasteiger partial charge >= 0.3 is 5.97 Å². The van der Waals surface area contributed by atoms with Crippen molar-refractivity contribution < 1.29 is 33.7 Å². The molecule has 0 aromatic rings. The van der Waals surface area contributed by atoms with Crippen LogP contribution in [0.4, 0.5) is 0 Å². The molecule has 0 bridgehead atoms. The maximum absolute atomic E-state index is 10.8. The fourth-order valence-electron chi connectivity index (χ4n) is 7.58. The zero-order valence-electron chi connectivity index (χ0n) is 44.5. The molecule has 0 saturated carbocycles. The van der Waals surface area contributed by atoms with Crippen LogP contribution in [-0.2, 0) is 28.6 Å². The smallest absolute Gasteiger partial charge is 0.303 e. The molecule has 7 heteroatoms. The number of carbonyl (C=O) groups excluding carboxylic acids is 2. The Kier molecular flexibility index (Phi) is 42.9. The summed E-state index contributed by atoms with van der Waals surface area (Å²) in [7, 11) is 0. The number of aliphatic carboxylic acids is 1. The highest BCUT2D eigenvalue weighted by Gasteiger charge is 2.37. The van der Waals surface area contributed by atoms with E-state index in [9.17, 15) is 14.4 Å². The Labute approximate surface area is 422 Å². The third-order valence-electron chi connectivity index (χ3n) is 12.1. The zero-order chi connectivity index (χ0) is 50.3. The van der Waals surface area contributed by atoms with E-state index in [4.69, 9.17) is 19.3 Å². The molecule has 1 N–H and O–H groups in total. The maximum atomic E-state index is 10.8. The molecule has 3 aliphatic heterocycles. The van der Waals surface area contributed by atoms with Crippen molar-refractivity contribution in [1.29, 1.82) is 0 Å². The molecule has 0 amide bonds. The van der Waals surface area contributed by atoms with Gasteiger partial charge in [0, 0.05) is 19.3 Å². The van der Waals surface area contributed by atoms with E-state index in [1.165, 1.54) is 77.0 Å². The zero-order valence-corrected chi connectivity index (χ0v) is 44.5. The van der Waals surface area contributed by atoms with E-state index in [0.29, 0.717) is 49.5 Å². The van der Waals surface area contributed by atoms with E-state index in [-0.39, 0.29) is 18.0 Å². The monoisotopic (exact) mass is 957 g/mol. The number of Topliss-reactive ketones (excluding diaryl/α,β-unsaturated/α-hetero) is 2. The Morgan fingerprint density at radius 2 is 0.623 bits per heavy atom. The lowest BCUT2D eigenvalue weighted by atomic mass is 10.1. The van der Waals surface area contributed by atoms with Crippen LogP contribution < -0.4 is 0 Å². The van der Waals surface area contributed by atoms with Gasteiger partial charge in [0.05, 0.1) is 36.6 Å². The van der Waals surface area contributed by atoms with Crippen molar-refractivity contribution in [3.63, 3.8) is 0 Å². The van der Waals surface area contributed by atoms with E-state index < -0.39 is 5.97 Å². The molecule has 3 rings (SSSR count). The molecule has 3 heterocycles. The third kappa shape index (κ3) is 45.3. The maximum Gasteiger partial charge on any atom is 0.303 e. The lowest BCUT2D eigenvalue weighted by Gasteiger charge is -1.93. The van der Waals surface area contributed by atoms with Crippen molar-refractivity contribution in [2.24, 2.45) is 0 Å². The van der Waals surface area contributed by atoms with Gasteiger partial charge in [0.2, 0.25) is 0 Å². The highest BCUT2D eigenvalue weighted by Crippen LogP contribution is 2.31. The lowest BCUT2D eigenvalue weighted by molar-refractivity contribution is -0.137. The van der Waals surface area contributed by atoms with Crippen molar-refractivity contribution in [3.05, 3.63) is 109 Å². The molecule has 0 radical (unpaired) electrons. The fourth-order valence-corrected chi connectivity index (χ4v) is 7.58. The van der Waals surface area contributed by atoms with Gasteiger partial charge in [0.1, 0.15) is 11.6 Å². The molecule has 0 aliphatic carbocycles. The quantitative estimate of drug-likeness (QED) is 0.0369. The summed E-state index contributed by atoms with van der Waals surface area (Å²) in [4.78, 5) is 31.9. The van der Waals surface area contributed by atoms with Crippen molar-refractivity contribution >= 4 is 17.5 Å². The molecule has 6 unspecified atom stereocenters. The molecule has 0 aromatic carbocycles. The predicted octanol–water partition coefficient (Wildman–Crippen LogP) is 17.3. The minimum atomic E-state index is -0.715. The number of hydrogen-bond donors (Lipinski definition) is 1. The van der Waals surface area contributed by atoms with Gasteiger partial charge in [-0.15, -0.1) is 0 Å². The number of carboxylic acid groups (broad SMARTS) is 1. The van der Waals surface area contributed by atoms with Crippen molar-refractivity contribution in [2.45, 2.75) is 264 Å². The summed E-state index contributed by atoms with van der Waals surface area (Å²) >= 11 is 0. The minimum absolute atomic E-state index is 0.258. The molecule has 390 valence electrons. The minimum Gasteiger partial charge on any atom is -0.481 e. The Balaban J connectivity index is 0.000000517. The molecular weight excluding hydrogens is 857 g/mol. The summed E-state index contributed by atoms with van der Waals surface area (Å²) in [5.41, 5.74) is 0. The predicted molar refractivity (Wildman–Crippen MR) is 293 cm³/mol. The molecule has 3 aliphatic rings. The Morgan fingerprint density at radius 1 is 0.348 bits per heavy atom. The molecule has 0 spiro atoms. The first kappa shape index (κ1) is 63.4. The van der Waals surface area contributed by atoms with E-state index in [2.05, 4.69) is 130 Å². The summed E-state index contributed by atoms with van der Waals surface area (Å²) in [5.74, 6) is -0.145. The molecule has 69 heavy (non-hydrogen) atoms. The molecule has 0 aromatic heterocycles. The number of carbonyl (C=O) groups is 3.